The molecule has 0 spiro atoms. The third kappa shape index (κ3) is 3.81. The van der Waals surface area contributed by atoms with E-state index in [-0.39, 0.29) is 18.0 Å². The molecule has 1 heterocycles. The van der Waals surface area contributed by atoms with Crippen molar-refractivity contribution in [1.29, 1.82) is 0 Å². The second-order valence-electron chi connectivity index (χ2n) is 8.40. The van der Waals surface area contributed by atoms with Gasteiger partial charge in [0.05, 0.1) is 18.8 Å². The highest BCUT2D eigenvalue weighted by atomic mass is 16.5. The predicted molar refractivity (Wildman–Crippen MR) is 103 cm³/mol. The van der Waals surface area contributed by atoms with E-state index >= 15 is 0 Å². The lowest BCUT2D eigenvalue weighted by atomic mass is 9.83. The van der Waals surface area contributed by atoms with Gasteiger partial charge in [-0.2, -0.15) is 0 Å². The van der Waals surface area contributed by atoms with Crippen LogP contribution in [0.3, 0.4) is 0 Å². The van der Waals surface area contributed by atoms with Crippen molar-refractivity contribution < 1.29 is 9.53 Å². The fourth-order valence-corrected chi connectivity index (χ4v) is 4.78. The number of likely N-dealkylation sites (tertiary alicyclic amines) is 1. The van der Waals surface area contributed by atoms with Gasteiger partial charge in [-0.3, -0.25) is 4.79 Å². The van der Waals surface area contributed by atoms with Gasteiger partial charge in [0, 0.05) is 18.5 Å². The summed E-state index contributed by atoms with van der Waals surface area (Å²) in [5, 5.41) is 0. The quantitative estimate of drug-likeness (QED) is 0.879. The van der Waals surface area contributed by atoms with E-state index in [0.717, 1.165) is 38.6 Å². The molecule has 1 aromatic rings. The number of ether oxygens (including phenoxy) is 1. The van der Waals surface area contributed by atoms with E-state index in [9.17, 15) is 4.79 Å². The molecular weight excluding hydrogens is 324 g/mol. The maximum Gasteiger partial charge on any atom is 0.226 e. The first-order valence-corrected chi connectivity index (χ1v) is 10.4. The van der Waals surface area contributed by atoms with Crippen LogP contribution < -0.4 is 5.73 Å². The molecule has 2 atom stereocenters. The lowest BCUT2D eigenvalue weighted by Crippen LogP contribution is -2.49. The lowest BCUT2D eigenvalue weighted by molar-refractivity contribution is -0.141. The number of nitrogens with two attached hydrogens (primary N) is 1. The highest BCUT2D eigenvalue weighted by molar-refractivity contribution is 5.80. The smallest absolute Gasteiger partial charge is 0.226 e. The first kappa shape index (κ1) is 18.0. The molecule has 1 aliphatic heterocycles. The highest BCUT2D eigenvalue weighted by Gasteiger charge is 2.39. The Kier molecular flexibility index (Phi) is 5.60. The molecule has 2 saturated carbocycles. The minimum absolute atomic E-state index is 0.0692. The van der Waals surface area contributed by atoms with Crippen molar-refractivity contribution in [1.82, 2.24) is 4.90 Å². The molecule has 3 aliphatic rings. The standard InChI is InChI=1S/C22H32N2O2/c23-20-13-14-24(22(25)18-7-4-8-18)21(20)15-26-19-11-9-17(10-12-19)16-5-2-1-3-6-16/h1-3,5-6,17-21H,4,7-15,23H2/t17-,19+,20?,21?. The van der Waals surface area contributed by atoms with Crippen LogP contribution in [0.4, 0.5) is 0 Å². The van der Waals surface area contributed by atoms with Crippen molar-refractivity contribution in [2.75, 3.05) is 13.2 Å². The molecule has 26 heavy (non-hydrogen) atoms. The summed E-state index contributed by atoms with van der Waals surface area (Å²) in [5.41, 5.74) is 7.77. The number of nitrogens with zero attached hydrogens (tertiary/aromatic N) is 1. The van der Waals surface area contributed by atoms with Crippen molar-refractivity contribution in [2.45, 2.75) is 75.5 Å². The summed E-state index contributed by atoms with van der Waals surface area (Å²) in [6.45, 7) is 1.42. The van der Waals surface area contributed by atoms with E-state index in [1.807, 2.05) is 4.90 Å². The molecule has 2 N–H and O–H groups in total. The number of amides is 1. The predicted octanol–water partition coefficient (Wildman–Crippen LogP) is 3.46. The zero-order valence-electron chi connectivity index (χ0n) is 15.7. The Morgan fingerprint density at radius 1 is 1.04 bits per heavy atom. The third-order valence-electron chi connectivity index (χ3n) is 6.78. The molecule has 0 radical (unpaired) electrons. The Morgan fingerprint density at radius 2 is 1.77 bits per heavy atom. The minimum Gasteiger partial charge on any atom is -0.376 e. The molecule has 4 nitrogen and oxygen atoms in total. The Labute approximate surface area is 157 Å². The van der Waals surface area contributed by atoms with Gasteiger partial charge in [0.2, 0.25) is 5.91 Å². The van der Waals surface area contributed by atoms with Crippen LogP contribution in [0.2, 0.25) is 0 Å². The van der Waals surface area contributed by atoms with Gasteiger partial charge in [-0.1, -0.05) is 36.8 Å². The second kappa shape index (κ2) is 8.10. The van der Waals surface area contributed by atoms with E-state index in [2.05, 4.69) is 30.3 Å². The zero-order valence-corrected chi connectivity index (χ0v) is 15.7. The average Bonchev–Trinajstić information content (AvgIpc) is 3.00. The average molecular weight is 357 g/mol. The van der Waals surface area contributed by atoms with Crippen molar-refractivity contribution in [2.24, 2.45) is 11.7 Å². The third-order valence-corrected chi connectivity index (χ3v) is 6.78. The van der Waals surface area contributed by atoms with E-state index in [1.54, 1.807) is 0 Å². The zero-order chi connectivity index (χ0) is 17.9. The Bertz CT molecular complexity index is 593. The molecule has 3 fully saturated rings. The molecule has 2 unspecified atom stereocenters. The molecule has 0 aromatic heterocycles. The topological polar surface area (TPSA) is 55.6 Å². The molecule has 0 bridgehead atoms. The number of hydrogen-bond donors (Lipinski definition) is 1. The van der Waals surface area contributed by atoms with Gasteiger partial charge in [0.15, 0.2) is 0 Å². The fraction of sp³-hybridized carbons (Fsp3) is 0.682. The van der Waals surface area contributed by atoms with Gasteiger partial charge in [-0.05, 0) is 56.4 Å². The Hall–Kier alpha value is -1.39. The molecule has 1 aromatic carbocycles. The van der Waals surface area contributed by atoms with Gasteiger partial charge in [0.1, 0.15) is 0 Å². The number of benzene rings is 1. The summed E-state index contributed by atoms with van der Waals surface area (Å²) < 4.78 is 6.26. The van der Waals surface area contributed by atoms with Crippen molar-refractivity contribution in [3.63, 3.8) is 0 Å². The number of carbonyl (C=O) groups excluding carboxylic acids is 1. The Balaban J connectivity index is 1.26. The van der Waals surface area contributed by atoms with E-state index in [0.29, 0.717) is 24.5 Å². The first-order chi connectivity index (χ1) is 12.7. The van der Waals surface area contributed by atoms with Crippen molar-refractivity contribution >= 4 is 5.91 Å². The van der Waals surface area contributed by atoms with Crippen LogP contribution in [0.15, 0.2) is 30.3 Å². The lowest BCUT2D eigenvalue weighted by Gasteiger charge is -2.35. The van der Waals surface area contributed by atoms with Crippen LogP contribution in [0.25, 0.3) is 0 Å². The van der Waals surface area contributed by atoms with Crippen molar-refractivity contribution in [3.8, 4) is 0 Å². The van der Waals surface area contributed by atoms with E-state index < -0.39 is 0 Å². The summed E-state index contributed by atoms with van der Waals surface area (Å²) in [6, 6.07) is 11.0. The molecule has 1 amide bonds. The summed E-state index contributed by atoms with van der Waals surface area (Å²) in [5.74, 6) is 1.25. The summed E-state index contributed by atoms with van der Waals surface area (Å²) in [4.78, 5) is 14.7. The van der Waals surface area contributed by atoms with Crippen LogP contribution in [0.5, 0.6) is 0 Å². The van der Waals surface area contributed by atoms with Crippen LogP contribution in [0, 0.1) is 5.92 Å². The number of carbonyl (C=O) groups is 1. The van der Waals surface area contributed by atoms with Crippen LogP contribution in [-0.2, 0) is 9.53 Å². The molecule has 4 heteroatoms. The van der Waals surface area contributed by atoms with Gasteiger partial charge >= 0.3 is 0 Å². The van der Waals surface area contributed by atoms with Gasteiger partial charge in [-0.15, -0.1) is 0 Å². The normalized spacial score (nSPS) is 32.4. The fourth-order valence-electron chi connectivity index (χ4n) is 4.78. The van der Waals surface area contributed by atoms with Crippen molar-refractivity contribution in [3.05, 3.63) is 35.9 Å². The maximum absolute atomic E-state index is 12.6. The van der Waals surface area contributed by atoms with Gasteiger partial charge < -0.3 is 15.4 Å². The second-order valence-corrected chi connectivity index (χ2v) is 8.40. The van der Waals surface area contributed by atoms with Crippen LogP contribution in [0.1, 0.15) is 62.8 Å². The van der Waals surface area contributed by atoms with Crippen LogP contribution >= 0.6 is 0 Å². The number of hydrogen-bond acceptors (Lipinski definition) is 3. The van der Waals surface area contributed by atoms with E-state index in [1.165, 1.54) is 24.8 Å². The van der Waals surface area contributed by atoms with Gasteiger partial charge in [-0.25, -0.2) is 0 Å². The van der Waals surface area contributed by atoms with Gasteiger partial charge in [0.25, 0.3) is 0 Å². The molecular formula is C22H32N2O2. The highest BCUT2D eigenvalue weighted by Crippen LogP contribution is 2.35. The summed E-state index contributed by atoms with van der Waals surface area (Å²) in [7, 11) is 0. The Morgan fingerprint density at radius 3 is 2.42 bits per heavy atom. The summed E-state index contributed by atoms with van der Waals surface area (Å²) in [6.07, 6.45) is 9.14. The number of rotatable bonds is 5. The maximum atomic E-state index is 12.6. The molecule has 2 aliphatic carbocycles. The largest absolute Gasteiger partial charge is 0.376 e. The summed E-state index contributed by atoms with van der Waals surface area (Å²) >= 11 is 0. The van der Waals surface area contributed by atoms with Crippen LogP contribution in [-0.4, -0.2) is 42.1 Å². The molecule has 142 valence electrons. The minimum atomic E-state index is 0.0692. The SMILES string of the molecule is NC1CCN(C(=O)C2CCC2)C1CO[C@H]1CC[C@@H](c2ccccc2)CC1. The molecule has 4 rings (SSSR count). The first-order valence-electron chi connectivity index (χ1n) is 10.4. The van der Waals surface area contributed by atoms with E-state index in [4.69, 9.17) is 10.5 Å². The molecule has 1 saturated heterocycles. The monoisotopic (exact) mass is 356 g/mol.